The predicted molar refractivity (Wildman–Crippen MR) is 129 cm³/mol. The molecule has 2 fully saturated rings. The molecule has 186 valence electrons. The molecule has 0 spiro atoms. The Balaban J connectivity index is 1.18. The van der Waals surface area contributed by atoms with Crippen molar-refractivity contribution in [2.24, 2.45) is 0 Å². The number of carbonyl (C=O) groups is 2. The van der Waals surface area contributed by atoms with Crippen LogP contribution in [0.15, 0.2) is 42.5 Å². The largest absolute Gasteiger partial charge is 0.416 e. The number of thiol groups is 1. The van der Waals surface area contributed by atoms with Gasteiger partial charge in [-0.15, -0.1) is 0 Å². The SMILES string of the molecule is O=C1CCC(N2Cc3cc(CN4CCN(c5ccc(C(F)(F)F)cc5)CC4)ccc3C2S)C(=O)N1. The maximum Gasteiger partial charge on any atom is 0.416 e. The first-order valence-electron chi connectivity index (χ1n) is 11.7. The van der Waals surface area contributed by atoms with E-state index in [-0.39, 0.29) is 23.2 Å². The second-order valence-electron chi connectivity index (χ2n) is 9.35. The summed E-state index contributed by atoms with van der Waals surface area (Å²) < 4.78 is 38.4. The van der Waals surface area contributed by atoms with Gasteiger partial charge in [0.15, 0.2) is 0 Å². The van der Waals surface area contributed by atoms with Crippen molar-refractivity contribution < 1.29 is 22.8 Å². The average Bonchev–Trinajstić information content (AvgIpc) is 3.14. The average molecular weight is 505 g/mol. The molecular formula is C25H27F3N4O2S. The lowest BCUT2D eigenvalue weighted by Gasteiger charge is -2.36. The summed E-state index contributed by atoms with van der Waals surface area (Å²) in [5, 5.41) is 2.24. The Morgan fingerprint density at radius 1 is 1.00 bits per heavy atom. The van der Waals surface area contributed by atoms with Crippen LogP contribution in [0.2, 0.25) is 0 Å². The van der Waals surface area contributed by atoms with Crippen molar-refractivity contribution in [1.29, 1.82) is 0 Å². The Morgan fingerprint density at radius 2 is 1.71 bits per heavy atom. The molecule has 2 amide bonds. The quantitative estimate of drug-likeness (QED) is 0.493. The fraction of sp³-hybridized carbons (Fsp3) is 0.440. The van der Waals surface area contributed by atoms with Crippen molar-refractivity contribution in [3.05, 3.63) is 64.7 Å². The van der Waals surface area contributed by atoms with Gasteiger partial charge in [-0.1, -0.05) is 18.2 Å². The first-order valence-corrected chi connectivity index (χ1v) is 12.2. The number of halogens is 3. The minimum atomic E-state index is -4.32. The van der Waals surface area contributed by atoms with Gasteiger partial charge in [0.2, 0.25) is 11.8 Å². The topological polar surface area (TPSA) is 55.9 Å². The van der Waals surface area contributed by atoms with E-state index in [0.717, 1.165) is 61.7 Å². The Bertz CT molecular complexity index is 1120. The number of hydrogen-bond acceptors (Lipinski definition) is 6. The normalized spacial score (nSPS) is 23.9. The molecule has 0 aromatic heterocycles. The zero-order valence-corrected chi connectivity index (χ0v) is 20.0. The predicted octanol–water partition coefficient (Wildman–Crippen LogP) is 3.58. The molecule has 5 rings (SSSR count). The van der Waals surface area contributed by atoms with Gasteiger partial charge in [-0.05, 0) is 47.4 Å². The molecule has 3 aliphatic rings. The lowest BCUT2D eigenvalue weighted by molar-refractivity contribution is -0.138. The summed E-state index contributed by atoms with van der Waals surface area (Å²) >= 11 is 4.75. The van der Waals surface area contributed by atoms with Crippen LogP contribution in [0, 0.1) is 0 Å². The van der Waals surface area contributed by atoms with E-state index in [1.165, 1.54) is 5.56 Å². The van der Waals surface area contributed by atoms with Gasteiger partial charge in [0.05, 0.1) is 17.0 Å². The van der Waals surface area contributed by atoms with Crippen LogP contribution < -0.4 is 10.2 Å². The standard InChI is InChI=1S/C25H27F3N4O2S/c26-25(27,28)18-2-4-19(5-3-18)31-11-9-30(10-12-31)14-16-1-6-20-17(13-16)15-32(24(20)35)21-7-8-22(33)29-23(21)34/h1-6,13,21,24,35H,7-12,14-15H2,(H,29,33,34). The number of benzene rings is 2. The summed E-state index contributed by atoms with van der Waals surface area (Å²) in [6.07, 6.45) is -3.47. The molecular weight excluding hydrogens is 477 g/mol. The molecule has 3 heterocycles. The van der Waals surface area contributed by atoms with Crippen molar-refractivity contribution in [3.8, 4) is 0 Å². The lowest BCUT2D eigenvalue weighted by Crippen LogP contribution is -2.51. The highest BCUT2D eigenvalue weighted by molar-refractivity contribution is 7.80. The summed E-state index contributed by atoms with van der Waals surface area (Å²) in [6.45, 7) is 4.52. The fourth-order valence-electron chi connectivity index (χ4n) is 5.17. The van der Waals surface area contributed by atoms with Gasteiger partial charge in [0.25, 0.3) is 0 Å². The first-order chi connectivity index (χ1) is 16.7. The molecule has 2 saturated heterocycles. The number of fused-ring (bicyclic) bond motifs is 1. The second-order valence-corrected chi connectivity index (χ2v) is 9.84. The van der Waals surface area contributed by atoms with Gasteiger partial charge in [-0.25, -0.2) is 0 Å². The molecule has 2 aromatic rings. The van der Waals surface area contributed by atoms with Gasteiger partial charge in [0.1, 0.15) is 0 Å². The molecule has 2 aromatic carbocycles. The highest BCUT2D eigenvalue weighted by Gasteiger charge is 2.39. The smallest absolute Gasteiger partial charge is 0.369 e. The number of piperazine rings is 1. The Hall–Kier alpha value is -2.56. The highest BCUT2D eigenvalue weighted by atomic mass is 32.1. The number of anilines is 1. The van der Waals surface area contributed by atoms with Crippen LogP contribution in [0.4, 0.5) is 18.9 Å². The number of amides is 2. The third kappa shape index (κ3) is 5.05. The molecule has 3 aliphatic heterocycles. The van der Waals surface area contributed by atoms with Crippen LogP contribution in [0.1, 0.15) is 40.5 Å². The van der Waals surface area contributed by atoms with E-state index in [4.69, 9.17) is 12.6 Å². The number of piperidine rings is 1. The molecule has 0 radical (unpaired) electrons. The van der Waals surface area contributed by atoms with Crippen LogP contribution in [0.25, 0.3) is 0 Å². The number of nitrogens with zero attached hydrogens (tertiary/aromatic N) is 3. The van der Waals surface area contributed by atoms with E-state index in [1.54, 1.807) is 12.1 Å². The van der Waals surface area contributed by atoms with Gasteiger partial charge in [0, 0.05) is 51.4 Å². The number of alkyl halides is 3. The summed E-state index contributed by atoms with van der Waals surface area (Å²) in [4.78, 5) is 30.3. The van der Waals surface area contributed by atoms with Gasteiger partial charge >= 0.3 is 6.18 Å². The highest BCUT2D eigenvalue weighted by Crippen LogP contribution is 2.39. The van der Waals surface area contributed by atoms with Crippen LogP contribution in [0.3, 0.4) is 0 Å². The van der Waals surface area contributed by atoms with E-state index < -0.39 is 11.7 Å². The van der Waals surface area contributed by atoms with Crippen molar-refractivity contribution >= 4 is 30.1 Å². The third-order valence-electron chi connectivity index (χ3n) is 7.10. The van der Waals surface area contributed by atoms with Crippen molar-refractivity contribution in [1.82, 2.24) is 15.1 Å². The van der Waals surface area contributed by atoms with Gasteiger partial charge in [-0.3, -0.25) is 24.7 Å². The minimum absolute atomic E-state index is 0.185. The maximum atomic E-state index is 12.8. The first kappa shape index (κ1) is 24.1. The molecule has 1 N–H and O–H groups in total. The van der Waals surface area contributed by atoms with Crippen molar-refractivity contribution in [3.63, 3.8) is 0 Å². The van der Waals surface area contributed by atoms with E-state index in [0.29, 0.717) is 19.4 Å². The lowest BCUT2D eigenvalue weighted by atomic mass is 10.0. The molecule has 2 atom stereocenters. The van der Waals surface area contributed by atoms with Crippen LogP contribution in [0.5, 0.6) is 0 Å². The number of carbonyl (C=O) groups excluding carboxylic acids is 2. The van der Waals surface area contributed by atoms with Crippen LogP contribution >= 0.6 is 12.6 Å². The third-order valence-corrected chi connectivity index (χ3v) is 7.68. The minimum Gasteiger partial charge on any atom is -0.369 e. The zero-order valence-electron chi connectivity index (χ0n) is 19.1. The molecule has 2 unspecified atom stereocenters. The monoisotopic (exact) mass is 504 g/mol. The molecule has 0 bridgehead atoms. The Kier molecular flexibility index (Phi) is 6.54. The zero-order chi connectivity index (χ0) is 24.7. The van der Waals surface area contributed by atoms with Crippen molar-refractivity contribution in [2.45, 2.75) is 43.5 Å². The van der Waals surface area contributed by atoms with Gasteiger partial charge in [-0.2, -0.15) is 25.8 Å². The maximum absolute atomic E-state index is 12.8. The number of rotatable bonds is 4. The van der Waals surface area contributed by atoms with E-state index >= 15 is 0 Å². The summed E-state index contributed by atoms with van der Waals surface area (Å²) in [5.41, 5.74) is 3.60. The number of nitrogens with one attached hydrogen (secondary N) is 1. The number of hydrogen-bond donors (Lipinski definition) is 2. The van der Waals surface area contributed by atoms with Crippen LogP contribution in [-0.2, 0) is 28.9 Å². The second kappa shape index (κ2) is 9.48. The molecule has 10 heteroatoms. The number of imide groups is 1. The summed E-state index contributed by atoms with van der Waals surface area (Å²) in [6, 6.07) is 11.3. The Labute approximate surface area is 207 Å². The van der Waals surface area contributed by atoms with E-state index in [2.05, 4.69) is 33.3 Å². The molecule has 6 nitrogen and oxygen atoms in total. The molecule has 35 heavy (non-hydrogen) atoms. The fourth-order valence-corrected chi connectivity index (χ4v) is 5.67. The summed E-state index contributed by atoms with van der Waals surface area (Å²) in [7, 11) is 0. The van der Waals surface area contributed by atoms with E-state index in [9.17, 15) is 22.8 Å². The van der Waals surface area contributed by atoms with E-state index in [1.807, 2.05) is 4.90 Å². The molecule has 0 saturated carbocycles. The van der Waals surface area contributed by atoms with Crippen molar-refractivity contribution in [2.75, 3.05) is 31.1 Å². The summed E-state index contributed by atoms with van der Waals surface area (Å²) in [5.74, 6) is -0.473. The molecule has 0 aliphatic carbocycles. The Morgan fingerprint density at radius 3 is 2.37 bits per heavy atom. The van der Waals surface area contributed by atoms with Crippen LogP contribution in [-0.4, -0.2) is 53.8 Å². The van der Waals surface area contributed by atoms with Gasteiger partial charge < -0.3 is 4.90 Å².